The summed E-state index contributed by atoms with van der Waals surface area (Å²) in [6.45, 7) is 6.41. The maximum absolute atomic E-state index is 13.2. The Morgan fingerprint density at radius 3 is 2.70 bits per heavy atom. The van der Waals surface area contributed by atoms with E-state index in [4.69, 9.17) is 15.2 Å². The van der Waals surface area contributed by atoms with Gasteiger partial charge in [0.15, 0.2) is 0 Å². The molecule has 170 valence electrons. The van der Waals surface area contributed by atoms with Crippen molar-refractivity contribution >= 4 is 5.91 Å². The van der Waals surface area contributed by atoms with Crippen molar-refractivity contribution in [3.8, 4) is 0 Å². The molecule has 1 aromatic heterocycles. The second-order valence-electron chi connectivity index (χ2n) is 9.35. The van der Waals surface area contributed by atoms with E-state index in [1.54, 1.807) is 7.11 Å². The quantitative estimate of drug-likeness (QED) is 0.640. The first-order valence-corrected chi connectivity index (χ1v) is 11.7. The lowest BCUT2D eigenvalue weighted by molar-refractivity contribution is -0.140. The molecule has 1 amide bonds. The minimum atomic E-state index is -0.535. The van der Waals surface area contributed by atoms with Crippen LogP contribution in [0, 0.1) is 11.8 Å². The maximum Gasteiger partial charge on any atom is 0.239 e. The van der Waals surface area contributed by atoms with Gasteiger partial charge >= 0.3 is 0 Å². The fourth-order valence-corrected chi connectivity index (χ4v) is 5.10. The molecule has 0 radical (unpaired) electrons. The zero-order chi connectivity index (χ0) is 21.5. The van der Waals surface area contributed by atoms with Crippen LogP contribution in [0.25, 0.3) is 0 Å². The van der Waals surface area contributed by atoms with Gasteiger partial charge in [0.2, 0.25) is 5.91 Å². The standard InChI is InChI=1S/C23H40N4O3/c1-16(2)17-6-8-18(9-7-17)30-15-22-19(21-10-12-25-26-21)5-4-13-27(22)23(28)20(24)11-14-29-3/h10,12,16-20,22H,4-9,11,13-15,24H2,1-3H3,(H,25,26)/t17-,18+,19-,20+,22+/m1/s1. The van der Waals surface area contributed by atoms with Crippen LogP contribution in [-0.4, -0.2) is 66.1 Å². The number of nitrogens with zero attached hydrogens (tertiary/aromatic N) is 2. The van der Waals surface area contributed by atoms with Crippen LogP contribution in [-0.2, 0) is 14.3 Å². The Kier molecular flexibility index (Phi) is 8.72. The van der Waals surface area contributed by atoms with Crippen molar-refractivity contribution in [2.75, 3.05) is 26.9 Å². The highest BCUT2D eigenvalue weighted by Crippen LogP contribution is 2.35. The lowest BCUT2D eigenvalue weighted by atomic mass is 9.80. The van der Waals surface area contributed by atoms with Gasteiger partial charge in [0.25, 0.3) is 0 Å². The normalized spacial score (nSPS) is 28.6. The summed E-state index contributed by atoms with van der Waals surface area (Å²) in [7, 11) is 1.64. The summed E-state index contributed by atoms with van der Waals surface area (Å²) >= 11 is 0. The Hall–Kier alpha value is -1.44. The van der Waals surface area contributed by atoms with E-state index >= 15 is 0 Å². The van der Waals surface area contributed by atoms with Crippen LogP contribution < -0.4 is 5.73 Å². The van der Waals surface area contributed by atoms with Crippen LogP contribution in [0.1, 0.15) is 70.4 Å². The molecular weight excluding hydrogens is 380 g/mol. The van der Waals surface area contributed by atoms with Gasteiger partial charge in [0.05, 0.1) is 30.5 Å². The van der Waals surface area contributed by atoms with E-state index in [0.29, 0.717) is 25.7 Å². The van der Waals surface area contributed by atoms with Crippen molar-refractivity contribution in [1.29, 1.82) is 0 Å². The lowest BCUT2D eigenvalue weighted by Crippen LogP contribution is -2.55. The third-order valence-corrected chi connectivity index (χ3v) is 7.08. The van der Waals surface area contributed by atoms with E-state index in [2.05, 4.69) is 24.0 Å². The average Bonchev–Trinajstić information content (AvgIpc) is 3.30. The Morgan fingerprint density at radius 2 is 2.07 bits per heavy atom. The Balaban J connectivity index is 1.66. The van der Waals surface area contributed by atoms with E-state index in [1.807, 2.05) is 17.2 Å². The molecule has 7 heteroatoms. The second-order valence-corrected chi connectivity index (χ2v) is 9.35. The molecule has 1 saturated carbocycles. The molecule has 1 saturated heterocycles. The number of nitrogens with two attached hydrogens (primary N) is 1. The minimum absolute atomic E-state index is 0.00408. The number of hydrogen-bond donors (Lipinski definition) is 2. The van der Waals surface area contributed by atoms with Crippen molar-refractivity contribution in [3.05, 3.63) is 18.0 Å². The largest absolute Gasteiger partial charge is 0.385 e. The molecule has 0 unspecified atom stereocenters. The molecule has 0 spiro atoms. The van der Waals surface area contributed by atoms with Gasteiger partial charge in [-0.25, -0.2) is 0 Å². The Labute approximate surface area is 181 Å². The summed E-state index contributed by atoms with van der Waals surface area (Å²) in [5.41, 5.74) is 7.22. The molecule has 1 aromatic rings. The number of rotatable bonds is 9. The van der Waals surface area contributed by atoms with E-state index in [9.17, 15) is 4.79 Å². The number of H-pyrrole nitrogens is 1. The third-order valence-electron chi connectivity index (χ3n) is 7.08. The lowest BCUT2D eigenvalue weighted by Gasteiger charge is -2.42. The van der Waals surface area contributed by atoms with E-state index in [0.717, 1.165) is 49.8 Å². The van der Waals surface area contributed by atoms with Gasteiger partial charge in [0.1, 0.15) is 0 Å². The summed E-state index contributed by atoms with van der Waals surface area (Å²) in [6, 6.07) is 1.46. The minimum Gasteiger partial charge on any atom is -0.385 e. The third kappa shape index (κ3) is 5.83. The molecule has 0 bridgehead atoms. The molecular formula is C23H40N4O3. The topological polar surface area (TPSA) is 93.5 Å². The van der Waals surface area contributed by atoms with Gasteiger partial charge in [-0.1, -0.05) is 13.8 Å². The zero-order valence-electron chi connectivity index (χ0n) is 18.9. The predicted molar refractivity (Wildman–Crippen MR) is 117 cm³/mol. The van der Waals surface area contributed by atoms with E-state index in [1.165, 1.54) is 12.8 Å². The van der Waals surface area contributed by atoms with Crippen LogP contribution in [0.3, 0.4) is 0 Å². The van der Waals surface area contributed by atoms with Gasteiger partial charge in [-0.05, 0) is 62.8 Å². The molecule has 1 aliphatic heterocycles. The molecule has 3 N–H and O–H groups in total. The van der Waals surface area contributed by atoms with Crippen LogP contribution >= 0.6 is 0 Å². The molecule has 2 heterocycles. The number of methoxy groups -OCH3 is 1. The van der Waals surface area contributed by atoms with Crippen LogP contribution in [0.5, 0.6) is 0 Å². The van der Waals surface area contributed by atoms with Crippen molar-refractivity contribution in [3.63, 3.8) is 0 Å². The van der Waals surface area contributed by atoms with Crippen molar-refractivity contribution in [2.45, 2.75) is 82.9 Å². The monoisotopic (exact) mass is 420 g/mol. The first-order valence-electron chi connectivity index (χ1n) is 11.7. The Morgan fingerprint density at radius 1 is 1.30 bits per heavy atom. The van der Waals surface area contributed by atoms with Crippen LogP contribution in [0.15, 0.2) is 12.3 Å². The molecule has 0 aromatic carbocycles. The fourth-order valence-electron chi connectivity index (χ4n) is 5.10. The SMILES string of the molecule is COCC[C@H](N)C(=O)N1CCC[C@H](c2cc[nH]n2)[C@@H]1CO[C@H]1CC[C@@H](C(C)C)CC1. The molecule has 2 aliphatic rings. The number of ether oxygens (including phenoxy) is 2. The van der Waals surface area contributed by atoms with Crippen molar-refractivity contribution < 1.29 is 14.3 Å². The predicted octanol–water partition coefficient (Wildman–Crippen LogP) is 3.08. The molecule has 30 heavy (non-hydrogen) atoms. The van der Waals surface area contributed by atoms with Gasteiger partial charge in [-0.3, -0.25) is 9.89 Å². The number of likely N-dealkylation sites (tertiary alicyclic amines) is 1. The number of nitrogens with one attached hydrogen (secondary N) is 1. The summed E-state index contributed by atoms with van der Waals surface area (Å²) in [5.74, 6) is 1.74. The molecule has 2 fully saturated rings. The molecule has 1 aliphatic carbocycles. The maximum atomic E-state index is 13.2. The second kappa shape index (κ2) is 11.3. The summed E-state index contributed by atoms with van der Waals surface area (Å²) in [6.07, 6.45) is 9.35. The number of aromatic amines is 1. The van der Waals surface area contributed by atoms with Crippen molar-refractivity contribution in [1.82, 2.24) is 15.1 Å². The Bertz CT molecular complexity index is 628. The summed E-state index contributed by atoms with van der Waals surface area (Å²) in [5, 5.41) is 7.36. The van der Waals surface area contributed by atoms with Crippen LogP contribution in [0.2, 0.25) is 0 Å². The number of hydrogen-bond acceptors (Lipinski definition) is 5. The zero-order valence-corrected chi connectivity index (χ0v) is 18.9. The van der Waals surface area contributed by atoms with E-state index in [-0.39, 0.29) is 17.9 Å². The van der Waals surface area contributed by atoms with Crippen LogP contribution in [0.4, 0.5) is 0 Å². The van der Waals surface area contributed by atoms with Gasteiger partial charge in [-0.15, -0.1) is 0 Å². The van der Waals surface area contributed by atoms with Crippen molar-refractivity contribution in [2.24, 2.45) is 17.6 Å². The van der Waals surface area contributed by atoms with E-state index < -0.39 is 6.04 Å². The average molecular weight is 421 g/mol. The highest BCUT2D eigenvalue weighted by molar-refractivity contribution is 5.82. The highest BCUT2D eigenvalue weighted by Gasteiger charge is 2.38. The number of carbonyl (C=O) groups excluding carboxylic acids is 1. The molecule has 3 rings (SSSR count). The van der Waals surface area contributed by atoms with Gasteiger partial charge in [-0.2, -0.15) is 5.10 Å². The highest BCUT2D eigenvalue weighted by atomic mass is 16.5. The summed E-state index contributed by atoms with van der Waals surface area (Å²) < 4.78 is 11.5. The summed E-state index contributed by atoms with van der Waals surface area (Å²) in [4.78, 5) is 15.1. The first-order chi connectivity index (χ1) is 14.5. The number of piperidine rings is 1. The molecule has 3 atom stereocenters. The first kappa shape index (κ1) is 23.2. The van der Waals surface area contributed by atoms with Gasteiger partial charge in [0, 0.05) is 32.4 Å². The molecule has 7 nitrogen and oxygen atoms in total. The number of amides is 1. The number of carbonyl (C=O) groups is 1. The fraction of sp³-hybridized carbons (Fsp3) is 0.826. The number of aromatic nitrogens is 2. The van der Waals surface area contributed by atoms with Gasteiger partial charge < -0.3 is 20.1 Å². The smallest absolute Gasteiger partial charge is 0.239 e.